The van der Waals surface area contributed by atoms with Gasteiger partial charge in [-0.05, 0) is 24.3 Å². The Morgan fingerprint density at radius 1 is 1.33 bits per heavy atom. The monoisotopic (exact) mass is 170 g/mol. The molecule has 0 aromatic rings. The van der Waals surface area contributed by atoms with Gasteiger partial charge in [-0.25, -0.2) is 0 Å². The van der Waals surface area contributed by atoms with Crippen LogP contribution in [0.1, 0.15) is 33.6 Å². The SMILES string of the molecule is C=CC[NH+](C)CCCC(C)(C)C. The van der Waals surface area contributed by atoms with Crippen LogP contribution in [-0.2, 0) is 0 Å². The highest BCUT2D eigenvalue weighted by molar-refractivity contribution is 4.63. The van der Waals surface area contributed by atoms with Crippen molar-refractivity contribution in [2.24, 2.45) is 5.41 Å². The molecule has 1 unspecified atom stereocenters. The molecule has 0 spiro atoms. The summed E-state index contributed by atoms with van der Waals surface area (Å²) in [6.45, 7) is 13.0. The zero-order chi connectivity index (χ0) is 9.61. The molecule has 0 aromatic carbocycles. The second-order valence-corrected chi connectivity index (χ2v) is 4.86. The quantitative estimate of drug-likeness (QED) is 0.597. The van der Waals surface area contributed by atoms with Crippen molar-refractivity contribution >= 4 is 0 Å². The zero-order valence-corrected chi connectivity index (χ0v) is 9.11. The Balaban J connectivity index is 3.36. The van der Waals surface area contributed by atoms with E-state index in [4.69, 9.17) is 0 Å². The van der Waals surface area contributed by atoms with Crippen molar-refractivity contribution in [2.45, 2.75) is 33.6 Å². The van der Waals surface area contributed by atoms with Gasteiger partial charge in [-0.2, -0.15) is 0 Å². The first-order chi connectivity index (χ1) is 5.45. The maximum Gasteiger partial charge on any atom is 0.0953 e. The summed E-state index contributed by atoms with van der Waals surface area (Å²) in [5, 5.41) is 0. The lowest BCUT2D eigenvalue weighted by atomic mass is 9.90. The fraction of sp³-hybridized carbons (Fsp3) is 0.818. The zero-order valence-electron chi connectivity index (χ0n) is 9.11. The summed E-state index contributed by atoms with van der Waals surface area (Å²) < 4.78 is 0. The van der Waals surface area contributed by atoms with Crippen LogP contribution in [0.25, 0.3) is 0 Å². The highest BCUT2D eigenvalue weighted by Gasteiger charge is 2.10. The number of rotatable bonds is 5. The number of quaternary nitrogens is 1. The van der Waals surface area contributed by atoms with Crippen molar-refractivity contribution in [1.82, 2.24) is 0 Å². The van der Waals surface area contributed by atoms with Crippen LogP contribution < -0.4 is 4.90 Å². The van der Waals surface area contributed by atoms with Gasteiger partial charge in [-0.3, -0.25) is 0 Å². The van der Waals surface area contributed by atoms with Crippen molar-refractivity contribution < 1.29 is 4.90 Å². The molecule has 0 rings (SSSR count). The largest absolute Gasteiger partial charge is 0.334 e. The highest BCUT2D eigenvalue weighted by Crippen LogP contribution is 2.19. The molecule has 0 aliphatic carbocycles. The van der Waals surface area contributed by atoms with E-state index < -0.39 is 0 Å². The van der Waals surface area contributed by atoms with E-state index in [1.54, 1.807) is 4.90 Å². The van der Waals surface area contributed by atoms with E-state index in [-0.39, 0.29) is 0 Å². The van der Waals surface area contributed by atoms with Crippen LogP contribution in [0.2, 0.25) is 0 Å². The van der Waals surface area contributed by atoms with Crippen molar-refractivity contribution in [1.29, 1.82) is 0 Å². The van der Waals surface area contributed by atoms with Gasteiger partial charge in [0.2, 0.25) is 0 Å². The van der Waals surface area contributed by atoms with E-state index in [0.717, 1.165) is 6.54 Å². The molecule has 0 bridgehead atoms. The smallest absolute Gasteiger partial charge is 0.0953 e. The first-order valence-electron chi connectivity index (χ1n) is 4.88. The number of likely N-dealkylation sites (N-methyl/N-ethyl adjacent to an activating group) is 1. The molecule has 1 nitrogen and oxygen atoms in total. The number of hydrogen-bond donors (Lipinski definition) is 1. The molecule has 0 fully saturated rings. The molecule has 1 atom stereocenters. The Morgan fingerprint density at radius 2 is 1.92 bits per heavy atom. The average Bonchev–Trinajstić information content (AvgIpc) is 1.84. The minimum atomic E-state index is 0.495. The van der Waals surface area contributed by atoms with Gasteiger partial charge < -0.3 is 4.90 Å². The maximum atomic E-state index is 3.74. The Hall–Kier alpha value is -0.300. The third-order valence-corrected chi connectivity index (χ3v) is 2.02. The van der Waals surface area contributed by atoms with Crippen LogP contribution in [-0.4, -0.2) is 20.1 Å². The highest BCUT2D eigenvalue weighted by atomic mass is 15.1. The average molecular weight is 170 g/mol. The van der Waals surface area contributed by atoms with Gasteiger partial charge in [0.25, 0.3) is 0 Å². The van der Waals surface area contributed by atoms with E-state index in [1.165, 1.54) is 19.4 Å². The third-order valence-electron chi connectivity index (χ3n) is 2.02. The lowest BCUT2D eigenvalue weighted by molar-refractivity contribution is -0.873. The van der Waals surface area contributed by atoms with E-state index in [1.807, 2.05) is 6.08 Å². The van der Waals surface area contributed by atoms with Gasteiger partial charge in [0.15, 0.2) is 0 Å². The van der Waals surface area contributed by atoms with Crippen molar-refractivity contribution in [3.8, 4) is 0 Å². The standard InChI is InChI=1S/C11H23N/c1-6-9-12(5)10-7-8-11(2,3)4/h6H,1,7-10H2,2-5H3/p+1. The second kappa shape index (κ2) is 5.36. The summed E-state index contributed by atoms with van der Waals surface area (Å²) in [5.74, 6) is 0. The second-order valence-electron chi connectivity index (χ2n) is 4.86. The lowest BCUT2D eigenvalue weighted by Crippen LogP contribution is -3.08. The Morgan fingerprint density at radius 3 is 2.33 bits per heavy atom. The van der Waals surface area contributed by atoms with E-state index in [9.17, 15) is 0 Å². The molecule has 0 aliphatic rings. The normalized spacial score (nSPS) is 14.3. The fourth-order valence-corrected chi connectivity index (χ4v) is 1.27. The fourth-order valence-electron chi connectivity index (χ4n) is 1.27. The molecule has 1 heteroatoms. The predicted molar refractivity (Wildman–Crippen MR) is 55.5 cm³/mol. The molecule has 1 N–H and O–H groups in total. The van der Waals surface area contributed by atoms with Gasteiger partial charge in [0.1, 0.15) is 0 Å². The lowest BCUT2D eigenvalue weighted by Gasteiger charge is -2.19. The molecule has 0 saturated carbocycles. The number of hydrogen-bond acceptors (Lipinski definition) is 0. The van der Waals surface area contributed by atoms with Crippen LogP contribution in [0.15, 0.2) is 12.7 Å². The van der Waals surface area contributed by atoms with Crippen LogP contribution >= 0.6 is 0 Å². The van der Waals surface area contributed by atoms with Crippen LogP contribution in [0, 0.1) is 5.41 Å². The third kappa shape index (κ3) is 7.80. The molecule has 0 saturated heterocycles. The topological polar surface area (TPSA) is 4.44 Å². The molecule has 0 heterocycles. The minimum absolute atomic E-state index is 0.495. The molecule has 0 aromatic heterocycles. The summed E-state index contributed by atoms with van der Waals surface area (Å²) in [7, 11) is 2.23. The van der Waals surface area contributed by atoms with Gasteiger partial charge in [0, 0.05) is 0 Å². The first kappa shape index (κ1) is 11.7. The summed E-state index contributed by atoms with van der Waals surface area (Å²) in [4.78, 5) is 1.56. The van der Waals surface area contributed by atoms with Gasteiger partial charge in [0.05, 0.1) is 20.1 Å². The van der Waals surface area contributed by atoms with Crippen molar-refractivity contribution in [3.05, 3.63) is 12.7 Å². The minimum Gasteiger partial charge on any atom is -0.334 e. The summed E-state index contributed by atoms with van der Waals surface area (Å²) in [6, 6.07) is 0. The Kier molecular flexibility index (Phi) is 5.23. The van der Waals surface area contributed by atoms with Crippen molar-refractivity contribution in [3.63, 3.8) is 0 Å². The van der Waals surface area contributed by atoms with E-state index in [0.29, 0.717) is 5.41 Å². The molecule has 0 radical (unpaired) electrons. The van der Waals surface area contributed by atoms with E-state index in [2.05, 4.69) is 34.4 Å². The molecule has 12 heavy (non-hydrogen) atoms. The molecule has 0 aliphatic heterocycles. The van der Waals surface area contributed by atoms with Gasteiger partial charge in [-0.15, -0.1) is 0 Å². The summed E-state index contributed by atoms with van der Waals surface area (Å²) in [6.07, 6.45) is 4.64. The van der Waals surface area contributed by atoms with Crippen LogP contribution in [0.4, 0.5) is 0 Å². The number of nitrogens with one attached hydrogen (secondary N) is 1. The van der Waals surface area contributed by atoms with Crippen molar-refractivity contribution in [2.75, 3.05) is 20.1 Å². The summed E-state index contributed by atoms with van der Waals surface area (Å²) in [5.41, 5.74) is 0.495. The first-order valence-corrected chi connectivity index (χ1v) is 4.88. The van der Waals surface area contributed by atoms with Crippen LogP contribution in [0.5, 0.6) is 0 Å². The van der Waals surface area contributed by atoms with Crippen LogP contribution in [0.3, 0.4) is 0 Å². The van der Waals surface area contributed by atoms with Gasteiger partial charge >= 0.3 is 0 Å². The molecular formula is C11H24N+. The molecular weight excluding hydrogens is 146 g/mol. The van der Waals surface area contributed by atoms with E-state index >= 15 is 0 Å². The summed E-state index contributed by atoms with van der Waals surface area (Å²) >= 11 is 0. The maximum absolute atomic E-state index is 3.74. The van der Waals surface area contributed by atoms with Gasteiger partial charge in [-0.1, -0.05) is 27.4 Å². The molecule has 72 valence electrons. The predicted octanol–water partition coefficient (Wildman–Crippen LogP) is 1.51. The Labute approximate surface area is 77.5 Å². The molecule has 0 amide bonds. The Bertz CT molecular complexity index is 121.